The average Bonchev–Trinajstić information content (AvgIpc) is 1.83. The number of halogens is 10. The lowest BCUT2D eigenvalue weighted by Crippen LogP contribution is -2.29. The van der Waals surface area contributed by atoms with Gasteiger partial charge in [-0.05, 0) is 0 Å². The van der Waals surface area contributed by atoms with Gasteiger partial charge in [0.2, 0.25) is 0 Å². The van der Waals surface area contributed by atoms with Crippen molar-refractivity contribution in [1.29, 1.82) is 0 Å². The molecule has 0 aromatic heterocycles. The van der Waals surface area contributed by atoms with Crippen LogP contribution in [0.5, 0.6) is 0 Å². The maximum atomic E-state index is 11.1. The van der Waals surface area contributed by atoms with Gasteiger partial charge in [-0.3, -0.25) is 0 Å². The zero-order valence-electron chi connectivity index (χ0n) is 5.78. The van der Waals surface area contributed by atoms with Gasteiger partial charge in [-0.25, -0.2) is 0 Å². The van der Waals surface area contributed by atoms with Crippen molar-refractivity contribution >= 4 is 22.6 Å². The second-order valence-corrected chi connectivity index (χ2v) is 2.87. The van der Waals surface area contributed by atoms with Gasteiger partial charge >= 0.3 is 22.3 Å². The van der Waals surface area contributed by atoms with Crippen LogP contribution in [0, 0.1) is 0 Å². The fourth-order valence-corrected chi connectivity index (χ4v) is 0. The van der Waals surface area contributed by atoms with Crippen molar-refractivity contribution in [3.8, 4) is 0 Å². The molecule has 0 amide bonds. The highest BCUT2D eigenvalue weighted by atomic mass is 127. The smallest absolute Gasteiger partial charge is 0.184 e. The van der Waals surface area contributed by atoms with Crippen LogP contribution >= 0.6 is 22.6 Å². The normalized spacial score (nSPS) is 11.6. The van der Waals surface area contributed by atoms with Crippen molar-refractivity contribution in [2.45, 2.75) is 10.1 Å². The Balaban J connectivity index is 0. The highest BCUT2D eigenvalue weighted by Gasteiger charge is 2.55. The molecular formula is C4F9I. The molecule has 0 saturated heterocycles. The Morgan fingerprint density at radius 2 is 0.857 bits per heavy atom. The molecule has 0 aliphatic carbocycles. The molecule has 0 aromatic carbocycles. The monoisotopic (exact) mass is 346 g/mol. The maximum Gasteiger partial charge on any atom is 0.463 e. The summed E-state index contributed by atoms with van der Waals surface area (Å²) in [7, 11) is 0. The molecule has 0 fully saturated rings. The third-order valence-corrected chi connectivity index (χ3v) is 1.08. The van der Waals surface area contributed by atoms with Gasteiger partial charge in [0.15, 0.2) is 0 Å². The van der Waals surface area contributed by atoms with E-state index in [2.05, 4.69) is 0 Å². The van der Waals surface area contributed by atoms with Gasteiger partial charge in [0, 0.05) is 22.6 Å². The van der Waals surface area contributed by atoms with Gasteiger partial charge in [-0.15, -0.1) is 0 Å². The first-order valence-corrected chi connectivity index (χ1v) is 3.47. The van der Waals surface area contributed by atoms with E-state index < -0.39 is 22.3 Å². The molecule has 0 heterocycles. The Bertz CT molecular complexity index is 168. The second kappa shape index (κ2) is 5.66. The third-order valence-electron chi connectivity index (χ3n) is 0.464. The van der Waals surface area contributed by atoms with Crippen molar-refractivity contribution < 1.29 is 39.5 Å². The SMILES string of the molecule is FC(F)(F)C(F)(F)I.FC(F)=C(F)F. The Hall–Kier alpha value is -0.160. The lowest BCUT2D eigenvalue weighted by Gasteiger charge is -2.10. The van der Waals surface area contributed by atoms with E-state index in [-0.39, 0.29) is 22.6 Å². The van der Waals surface area contributed by atoms with Gasteiger partial charge < -0.3 is 0 Å². The van der Waals surface area contributed by atoms with Crippen molar-refractivity contribution in [1.82, 2.24) is 0 Å². The third kappa shape index (κ3) is 8.44. The first-order chi connectivity index (χ1) is 5.89. The van der Waals surface area contributed by atoms with E-state index in [0.717, 1.165) is 0 Å². The lowest BCUT2D eigenvalue weighted by atomic mass is 10.7. The largest absolute Gasteiger partial charge is 0.463 e. The first-order valence-electron chi connectivity index (χ1n) is 2.39. The van der Waals surface area contributed by atoms with Crippen LogP contribution in [-0.2, 0) is 0 Å². The molecule has 0 aliphatic heterocycles. The van der Waals surface area contributed by atoms with Crippen LogP contribution in [0.25, 0.3) is 0 Å². The minimum atomic E-state index is -5.41. The van der Waals surface area contributed by atoms with Crippen LogP contribution in [-0.4, -0.2) is 10.1 Å². The van der Waals surface area contributed by atoms with Crippen LogP contribution < -0.4 is 0 Å². The van der Waals surface area contributed by atoms with E-state index in [9.17, 15) is 39.5 Å². The van der Waals surface area contributed by atoms with E-state index >= 15 is 0 Å². The quantitative estimate of drug-likeness (QED) is 0.343. The van der Waals surface area contributed by atoms with E-state index in [1.165, 1.54) is 0 Å². The molecule has 0 N–H and O–H groups in total. The Morgan fingerprint density at radius 3 is 0.857 bits per heavy atom. The first kappa shape index (κ1) is 16.3. The molecule has 0 bridgehead atoms. The summed E-state index contributed by atoms with van der Waals surface area (Å²) >= 11 is 0.0250. The second-order valence-electron chi connectivity index (χ2n) is 1.52. The number of alkyl halides is 6. The predicted molar refractivity (Wildman–Crippen MR) is 36.5 cm³/mol. The molecule has 0 nitrogen and oxygen atoms in total. The van der Waals surface area contributed by atoms with E-state index in [0.29, 0.717) is 0 Å². The summed E-state index contributed by atoms with van der Waals surface area (Å²) in [6, 6.07) is 0. The summed E-state index contributed by atoms with van der Waals surface area (Å²) in [4.78, 5) is 0. The fraction of sp³-hybridized carbons (Fsp3) is 0.500. The number of hydrogen-bond donors (Lipinski definition) is 0. The zero-order valence-corrected chi connectivity index (χ0v) is 7.94. The topological polar surface area (TPSA) is 0 Å². The van der Waals surface area contributed by atoms with Gasteiger partial charge in [-0.1, -0.05) is 0 Å². The van der Waals surface area contributed by atoms with Crippen LogP contribution in [0.4, 0.5) is 39.5 Å². The molecule has 0 aliphatic rings. The Labute approximate surface area is 84.9 Å². The molecule has 14 heavy (non-hydrogen) atoms. The van der Waals surface area contributed by atoms with Gasteiger partial charge in [0.05, 0.1) is 0 Å². The Kier molecular flexibility index (Phi) is 6.58. The molecule has 86 valence electrons. The number of rotatable bonds is 0. The molecule has 0 aromatic rings. The summed E-state index contributed by atoms with van der Waals surface area (Å²) in [5.74, 6) is 0. The van der Waals surface area contributed by atoms with Crippen LogP contribution in [0.2, 0.25) is 0 Å². The van der Waals surface area contributed by atoms with Gasteiger partial charge in [0.25, 0.3) is 0 Å². The molecule has 0 saturated carbocycles. The molecule has 0 unspecified atom stereocenters. The molecule has 0 spiro atoms. The summed E-state index contributed by atoms with van der Waals surface area (Å²) in [5.41, 5.74) is 0. The van der Waals surface area contributed by atoms with E-state index in [1.807, 2.05) is 0 Å². The van der Waals surface area contributed by atoms with Crippen LogP contribution in [0.1, 0.15) is 0 Å². The minimum Gasteiger partial charge on any atom is -0.184 e. The minimum absolute atomic E-state index is 0.0250. The summed E-state index contributed by atoms with van der Waals surface area (Å²) in [5, 5.41) is 0. The molecule has 10 heteroatoms. The van der Waals surface area contributed by atoms with Crippen LogP contribution in [0.15, 0.2) is 12.2 Å². The van der Waals surface area contributed by atoms with E-state index in [1.54, 1.807) is 0 Å². The van der Waals surface area contributed by atoms with Crippen LogP contribution in [0.3, 0.4) is 0 Å². The Morgan fingerprint density at radius 1 is 0.714 bits per heavy atom. The van der Waals surface area contributed by atoms with Gasteiger partial charge in [-0.2, -0.15) is 39.5 Å². The van der Waals surface area contributed by atoms with Gasteiger partial charge in [0.1, 0.15) is 0 Å². The highest BCUT2D eigenvalue weighted by molar-refractivity contribution is 14.1. The van der Waals surface area contributed by atoms with Crippen molar-refractivity contribution in [3.63, 3.8) is 0 Å². The predicted octanol–water partition coefficient (Wildman–Crippen LogP) is 4.57. The maximum absolute atomic E-state index is 11.1. The highest BCUT2D eigenvalue weighted by Crippen LogP contribution is 2.40. The zero-order chi connectivity index (χ0) is 12.2. The number of hydrogen-bond acceptors (Lipinski definition) is 0. The van der Waals surface area contributed by atoms with Crippen molar-refractivity contribution in [2.75, 3.05) is 0 Å². The summed E-state index contributed by atoms with van der Waals surface area (Å²) in [6.07, 6.45) is -11.2. The summed E-state index contributed by atoms with van der Waals surface area (Å²) in [6.45, 7) is 0. The standard InChI is InChI=1S/C2F5I.C2F4/c3-1(4,5)2(6,7)8;3-1(4)2(5)6. The fourth-order valence-electron chi connectivity index (χ4n) is 0. The van der Waals surface area contributed by atoms with Crippen molar-refractivity contribution in [2.24, 2.45) is 0 Å². The van der Waals surface area contributed by atoms with Crippen molar-refractivity contribution in [3.05, 3.63) is 12.2 Å². The molecule has 0 atom stereocenters. The molecule has 0 radical (unpaired) electrons. The molecular weight excluding hydrogens is 346 g/mol. The lowest BCUT2D eigenvalue weighted by molar-refractivity contribution is -0.228. The summed E-state index contributed by atoms with van der Waals surface area (Å²) < 4.78 is 91.2. The van der Waals surface area contributed by atoms with E-state index in [4.69, 9.17) is 0 Å². The molecule has 0 rings (SSSR count). The average molecular weight is 346 g/mol.